The van der Waals surface area contributed by atoms with Crippen LogP contribution in [0.5, 0.6) is 0 Å². The van der Waals surface area contributed by atoms with Crippen LogP contribution in [0.4, 0.5) is 0 Å². The van der Waals surface area contributed by atoms with Crippen LogP contribution >= 0.6 is 24.0 Å². The molecule has 1 aliphatic rings. The van der Waals surface area contributed by atoms with E-state index in [1.54, 1.807) is 7.05 Å². The number of benzene rings is 1. The number of carbonyl (C=O) groups is 1. The minimum atomic E-state index is 0. The Morgan fingerprint density at radius 2 is 2.15 bits per heavy atom. The maximum absolute atomic E-state index is 11.8. The summed E-state index contributed by atoms with van der Waals surface area (Å²) in [5.74, 6) is 1.86. The lowest BCUT2D eigenvalue weighted by molar-refractivity contribution is -0.129. The van der Waals surface area contributed by atoms with Crippen molar-refractivity contribution in [3.8, 4) is 0 Å². The van der Waals surface area contributed by atoms with Crippen LogP contribution in [-0.2, 0) is 11.3 Å². The molecule has 0 radical (unpaired) electrons. The summed E-state index contributed by atoms with van der Waals surface area (Å²) in [6.45, 7) is 6.09. The van der Waals surface area contributed by atoms with Crippen molar-refractivity contribution in [3.63, 3.8) is 0 Å². The molecular formula is C19H27IN4O2. The van der Waals surface area contributed by atoms with Gasteiger partial charge in [-0.1, -0.05) is 25.1 Å². The molecular weight excluding hydrogens is 443 g/mol. The fraction of sp³-hybridized carbons (Fsp3) is 0.474. The quantitative estimate of drug-likeness (QED) is 0.410. The van der Waals surface area contributed by atoms with E-state index < -0.39 is 0 Å². The van der Waals surface area contributed by atoms with Crippen molar-refractivity contribution in [1.82, 2.24) is 15.5 Å². The van der Waals surface area contributed by atoms with Gasteiger partial charge in [0, 0.05) is 43.5 Å². The van der Waals surface area contributed by atoms with Crippen LogP contribution in [0.3, 0.4) is 0 Å². The topological polar surface area (TPSA) is 69.9 Å². The molecule has 1 atom stereocenters. The zero-order valence-electron chi connectivity index (χ0n) is 15.5. The number of para-hydroxylation sites is 1. The highest BCUT2D eigenvalue weighted by Crippen LogP contribution is 2.24. The Kier molecular flexibility index (Phi) is 7.31. The summed E-state index contributed by atoms with van der Waals surface area (Å²) in [5, 5.41) is 7.86. The van der Waals surface area contributed by atoms with E-state index in [-0.39, 0.29) is 35.9 Å². The van der Waals surface area contributed by atoms with E-state index in [1.165, 1.54) is 0 Å². The van der Waals surface area contributed by atoms with Gasteiger partial charge in [-0.3, -0.25) is 9.79 Å². The first-order valence-electron chi connectivity index (χ1n) is 8.84. The predicted octanol–water partition coefficient (Wildman–Crippen LogP) is 3.04. The van der Waals surface area contributed by atoms with Gasteiger partial charge in [0.2, 0.25) is 5.91 Å². The number of hydrogen-bond acceptors (Lipinski definition) is 3. The molecule has 0 saturated carbocycles. The maximum atomic E-state index is 11.8. The highest BCUT2D eigenvalue weighted by atomic mass is 127. The van der Waals surface area contributed by atoms with Crippen LogP contribution in [-0.4, -0.2) is 42.9 Å². The highest BCUT2D eigenvalue weighted by Gasteiger charge is 2.25. The van der Waals surface area contributed by atoms with Crippen LogP contribution in [0.25, 0.3) is 11.0 Å². The second kappa shape index (κ2) is 9.25. The number of furan rings is 1. The predicted molar refractivity (Wildman–Crippen MR) is 115 cm³/mol. The second-order valence-corrected chi connectivity index (χ2v) is 6.40. The summed E-state index contributed by atoms with van der Waals surface area (Å²) >= 11 is 0. The normalized spacial score (nSPS) is 17.3. The molecule has 2 heterocycles. The summed E-state index contributed by atoms with van der Waals surface area (Å²) in [4.78, 5) is 18.0. The van der Waals surface area contributed by atoms with Gasteiger partial charge in [0.15, 0.2) is 5.96 Å². The first-order chi connectivity index (χ1) is 12.1. The summed E-state index contributed by atoms with van der Waals surface area (Å²) in [6.07, 6.45) is 1.50. The Labute approximate surface area is 171 Å². The Hall–Kier alpha value is -1.77. The molecule has 1 aromatic carbocycles. The lowest BCUT2D eigenvalue weighted by Crippen LogP contribution is -2.44. The third-order valence-corrected chi connectivity index (χ3v) is 4.77. The monoisotopic (exact) mass is 470 g/mol. The van der Waals surface area contributed by atoms with Gasteiger partial charge in [0.1, 0.15) is 11.3 Å². The molecule has 6 nitrogen and oxygen atoms in total. The number of guanidine groups is 1. The molecule has 2 aromatic rings. The minimum absolute atomic E-state index is 0. The molecule has 0 bridgehead atoms. The van der Waals surface area contributed by atoms with Crippen molar-refractivity contribution in [2.45, 2.75) is 39.3 Å². The van der Waals surface area contributed by atoms with Crippen LogP contribution in [0, 0.1) is 6.92 Å². The minimum Gasteiger partial charge on any atom is -0.459 e. The van der Waals surface area contributed by atoms with E-state index in [9.17, 15) is 4.79 Å². The molecule has 2 N–H and O–H groups in total. The Morgan fingerprint density at radius 3 is 2.85 bits per heavy atom. The summed E-state index contributed by atoms with van der Waals surface area (Å²) in [6, 6.07) is 8.29. The number of carbonyl (C=O) groups excluding carboxylic acids is 1. The van der Waals surface area contributed by atoms with E-state index in [4.69, 9.17) is 4.42 Å². The zero-order valence-corrected chi connectivity index (χ0v) is 17.9. The highest BCUT2D eigenvalue weighted by molar-refractivity contribution is 14.0. The van der Waals surface area contributed by atoms with Crippen LogP contribution in [0.15, 0.2) is 33.7 Å². The molecule has 1 saturated heterocycles. The molecule has 7 heteroatoms. The number of halogens is 1. The lowest BCUT2D eigenvalue weighted by atomic mass is 10.1. The molecule has 3 rings (SSSR count). The van der Waals surface area contributed by atoms with E-state index in [0.717, 1.165) is 47.8 Å². The Morgan fingerprint density at radius 1 is 1.38 bits per heavy atom. The van der Waals surface area contributed by atoms with Gasteiger partial charge in [-0.05, 0) is 19.4 Å². The molecule has 1 unspecified atom stereocenters. The molecule has 1 aliphatic heterocycles. The number of nitrogens with one attached hydrogen (secondary N) is 2. The number of likely N-dealkylation sites (tertiary alicyclic amines) is 1. The average Bonchev–Trinajstić information content (AvgIpc) is 3.23. The summed E-state index contributed by atoms with van der Waals surface area (Å²) in [5.41, 5.74) is 2.06. The molecule has 26 heavy (non-hydrogen) atoms. The first kappa shape index (κ1) is 20.5. The zero-order chi connectivity index (χ0) is 17.8. The van der Waals surface area contributed by atoms with Crippen molar-refractivity contribution < 1.29 is 9.21 Å². The van der Waals surface area contributed by atoms with Gasteiger partial charge in [0.05, 0.1) is 6.54 Å². The molecule has 0 spiro atoms. The van der Waals surface area contributed by atoms with Gasteiger partial charge < -0.3 is 20.0 Å². The van der Waals surface area contributed by atoms with Crippen LogP contribution in [0.2, 0.25) is 0 Å². The van der Waals surface area contributed by atoms with E-state index in [1.807, 2.05) is 30.0 Å². The third kappa shape index (κ3) is 4.49. The molecule has 1 fully saturated rings. The standard InChI is InChI=1S/C19H26N4O2.HI/c1-4-18(24)23-10-9-14(12-23)22-19(20-3)21-11-17-13(2)15-7-5-6-8-16(15)25-17;/h5-8,14H,4,9-12H2,1-3H3,(H2,20,21,22);1H. The van der Waals surface area contributed by atoms with Crippen molar-refractivity contribution in [3.05, 3.63) is 35.6 Å². The third-order valence-electron chi connectivity index (χ3n) is 4.77. The van der Waals surface area contributed by atoms with Crippen molar-refractivity contribution >= 4 is 46.8 Å². The van der Waals surface area contributed by atoms with E-state index in [2.05, 4.69) is 28.6 Å². The van der Waals surface area contributed by atoms with Gasteiger partial charge >= 0.3 is 0 Å². The van der Waals surface area contributed by atoms with Gasteiger partial charge in [-0.25, -0.2) is 0 Å². The smallest absolute Gasteiger partial charge is 0.222 e. The summed E-state index contributed by atoms with van der Waals surface area (Å²) < 4.78 is 5.93. The van der Waals surface area contributed by atoms with Gasteiger partial charge in [-0.2, -0.15) is 0 Å². The van der Waals surface area contributed by atoms with Crippen molar-refractivity contribution in [1.29, 1.82) is 0 Å². The van der Waals surface area contributed by atoms with Gasteiger partial charge in [-0.15, -0.1) is 24.0 Å². The number of amides is 1. The van der Waals surface area contributed by atoms with Gasteiger partial charge in [0.25, 0.3) is 0 Å². The van der Waals surface area contributed by atoms with Crippen LogP contribution in [0.1, 0.15) is 31.1 Å². The number of nitrogens with zero attached hydrogens (tertiary/aromatic N) is 2. The fourth-order valence-electron chi connectivity index (χ4n) is 3.27. The number of fused-ring (bicyclic) bond motifs is 1. The Balaban J connectivity index is 0.00000243. The number of hydrogen-bond donors (Lipinski definition) is 2. The van der Waals surface area contributed by atoms with E-state index in [0.29, 0.717) is 13.0 Å². The second-order valence-electron chi connectivity index (χ2n) is 6.40. The molecule has 1 aromatic heterocycles. The first-order valence-corrected chi connectivity index (χ1v) is 8.84. The Bertz CT molecular complexity index is 787. The van der Waals surface area contributed by atoms with Crippen molar-refractivity contribution in [2.24, 2.45) is 4.99 Å². The molecule has 0 aliphatic carbocycles. The van der Waals surface area contributed by atoms with Crippen molar-refractivity contribution in [2.75, 3.05) is 20.1 Å². The molecule has 142 valence electrons. The lowest BCUT2D eigenvalue weighted by Gasteiger charge is -2.18. The number of aryl methyl sites for hydroxylation is 1. The number of rotatable bonds is 4. The fourth-order valence-corrected chi connectivity index (χ4v) is 3.27. The summed E-state index contributed by atoms with van der Waals surface area (Å²) in [7, 11) is 1.75. The van der Waals surface area contributed by atoms with E-state index >= 15 is 0 Å². The maximum Gasteiger partial charge on any atom is 0.222 e. The largest absolute Gasteiger partial charge is 0.459 e. The SMILES string of the molecule is CCC(=O)N1CCC(NC(=NC)NCc2oc3ccccc3c2C)C1.I. The number of aliphatic imine (C=N–C) groups is 1. The molecule has 1 amide bonds. The van der Waals surface area contributed by atoms with Crippen LogP contribution < -0.4 is 10.6 Å². The average molecular weight is 470 g/mol.